The van der Waals surface area contributed by atoms with Crippen molar-refractivity contribution < 1.29 is 22.7 Å². The molecule has 2 aliphatic rings. The third-order valence-corrected chi connectivity index (χ3v) is 7.10. The van der Waals surface area contributed by atoms with Gasteiger partial charge in [-0.3, -0.25) is 9.69 Å². The van der Waals surface area contributed by atoms with Gasteiger partial charge < -0.3 is 15.2 Å². The fourth-order valence-electron chi connectivity index (χ4n) is 3.73. The van der Waals surface area contributed by atoms with E-state index in [1.165, 1.54) is 31.0 Å². The Labute approximate surface area is 184 Å². The van der Waals surface area contributed by atoms with E-state index in [0.717, 1.165) is 29.8 Å². The van der Waals surface area contributed by atoms with Crippen molar-refractivity contribution in [1.29, 1.82) is 0 Å². The Hall–Kier alpha value is -2.30. The molecule has 2 aliphatic heterocycles. The third kappa shape index (κ3) is 6.11. The fourth-order valence-corrected chi connectivity index (χ4v) is 5.22. The number of nitrogens with one attached hydrogen (secondary N) is 1. The third-order valence-electron chi connectivity index (χ3n) is 5.25. The molecule has 3 rings (SSSR count). The smallest absolute Gasteiger partial charge is 0.332 e. The normalized spacial score (nSPS) is 21.0. The van der Waals surface area contributed by atoms with Crippen LogP contribution >= 0.6 is 0 Å². The maximum atomic E-state index is 12.5. The topological polar surface area (TPSA) is 114 Å². The first-order valence-electron chi connectivity index (χ1n) is 10.8. The van der Waals surface area contributed by atoms with Crippen LogP contribution in [0.5, 0.6) is 5.75 Å². The zero-order valence-corrected chi connectivity index (χ0v) is 18.8. The van der Waals surface area contributed by atoms with E-state index in [9.17, 15) is 13.2 Å². The highest BCUT2D eigenvalue weighted by molar-refractivity contribution is 7.91. The molecular formula is C21H32N4O5S. The molecule has 0 amide bonds. The molecule has 0 spiro atoms. The summed E-state index contributed by atoms with van der Waals surface area (Å²) in [6.45, 7) is 5.68. The molecule has 1 fully saturated rings. The molecule has 0 saturated carbocycles. The van der Waals surface area contributed by atoms with Gasteiger partial charge >= 0.3 is 5.97 Å². The van der Waals surface area contributed by atoms with Crippen molar-refractivity contribution in [3.8, 4) is 5.75 Å². The van der Waals surface area contributed by atoms with Crippen LogP contribution in [0.3, 0.4) is 0 Å². The number of piperidine rings is 1. The van der Waals surface area contributed by atoms with Crippen LogP contribution in [0.25, 0.3) is 0 Å². The predicted octanol–water partition coefficient (Wildman–Crippen LogP) is 1.32. The number of nitrogens with two attached hydrogens (primary N) is 1. The summed E-state index contributed by atoms with van der Waals surface area (Å²) < 4.78 is 36.5. The van der Waals surface area contributed by atoms with Gasteiger partial charge in [-0.1, -0.05) is 18.6 Å². The Kier molecular flexibility index (Phi) is 8.16. The second-order valence-corrected chi connectivity index (χ2v) is 9.59. The van der Waals surface area contributed by atoms with Crippen molar-refractivity contribution in [2.75, 3.05) is 32.8 Å². The minimum atomic E-state index is -3.97. The number of carbonyl (C=O) groups excluding carboxylic acids is 1. The lowest BCUT2D eigenvalue weighted by Gasteiger charge is -2.26. The lowest BCUT2D eigenvalue weighted by molar-refractivity contribution is -0.141. The van der Waals surface area contributed by atoms with Crippen LogP contribution in [-0.2, 0) is 26.1 Å². The molecule has 1 aromatic carbocycles. The van der Waals surface area contributed by atoms with Gasteiger partial charge in [0, 0.05) is 13.1 Å². The molecular weight excluding hydrogens is 420 g/mol. The molecule has 0 aliphatic carbocycles. The summed E-state index contributed by atoms with van der Waals surface area (Å²) in [6.07, 6.45) is 5.62. The number of sulfonamides is 1. The standard InChI is InChI=1S/C21H32N4O5S/c1-2-29-21(26)20-19(22)16-25(31(20,27)28)23-10-7-13-30-18-9-6-8-17(14-18)15-24-11-4-3-5-12-24/h6,8-9,14,16,20,23H,2-5,7,10-13,15,22H2,1H3. The number of benzene rings is 1. The number of hydrogen-bond acceptors (Lipinski definition) is 8. The van der Waals surface area contributed by atoms with Gasteiger partial charge in [0.1, 0.15) is 5.75 Å². The highest BCUT2D eigenvalue weighted by atomic mass is 32.2. The van der Waals surface area contributed by atoms with Crippen LogP contribution in [0.4, 0.5) is 0 Å². The van der Waals surface area contributed by atoms with E-state index < -0.39 is 21.2 Å². The van der Waals surface area contributed by atoms with Gasteiger partial charge in [-0.25, -0.2) is 18.3 Å². The van der Waals surface area contributed by atoms with E-state index in [-0.39, 0.29) is 12.3 Å². The molecule has 2 heterocycles. The first-order valence-corrected chi connectivity index (χ1v) is 12.3. The molecule has 1 saturated heterocycles. The van der Waals surface area contributed by atoms with Crippen molar-refractivity contribution in [3.05, 3.63) is 41.7 Å². The Morgan fingerprint density at radius 1 is 1.26 bits per heavy atom. The summed E-state index contributed by atoms with van der Waals surface area (Å²) in [5.74, 6) is -0.0665. The number of ether oxygens (including phenoxy) is 2. The Balaban J connectivity index is 1.42. The molecule has 0 bridgehead atoms. The molecule has 1 unspecified atom stereocenters. The highest BCUT2D eigenvalue weighted by Gasteiger charge is 2.45. The zero-order chi connectivity index (χ0) is 22.3. The van der Waals surface area contributed by atoms with Gasteiger partial charge in [0.2, 0.25) is 5.25 Å². The van der Waals surface area contributed by atoms with Crippen molar-refractivity contribution in [1.82, 2.24) is 14.7 Å². The molecule has 172 valence electrons. The zero-order valence-electron chi connectivity index (χ0n) is 18.0. The molecule has 9 nitrogen and oxygen atoms in total. The van der Waals surface area contributed by atoms with Gasteiger partial charge in [-0.05, 0) is 57.0 Å². The van der Waals surface area contributed by atoms with Crippen molar-refractivity contribution in [2.45, 2.75) is 44.4 Å². The highest BCUT2D eigenvalue weighted by Crippen LogP contribution is 2.22. The maximum Gasteiger partial charge on any atom is 0.332 e. The van der Waals surface area contributed by atoms with E-state index >= 15 is 0 Å². The van der Waals surface area contributed by atoms with E-state index in [0.29, 0.717) is 19.6 Å². The number of hydrazine groups is 1. The van der Waals surface area contributed by atoms with Crippen LogP contribution < -0.4 is 15.9 Å². The first kappa shape index (κ1) is 23.4. The largest absolute Gasteiger partial charge is 0.494 e. The van der Waals surface area contributed by atoms with Gasteiger partial charge in [-0.2, -0.15) is 0 Å². The van der Waals surface area contributed by atoms with Gasteiger partial charge in [0.05, 0.1) is 25.1 Å². The quantitative estimate of drug-likeness (QED) is 0.404. The monoisotopic (exact) mass is 452 g/mol. The van der Waals surface area contributed by atoms with Crippen LogP contribution in [0, 0.1) is 0 Å². The number of esters is 1. The average Bonchev–Trinajstić information content (AvgIpc) is 2.96. The van der Waals surface area contributed by atoms with E-state index in [2.05, 4.69) is 22.5 Å². The van der Waals surface area contributed by atoms with Crippen LogP contribution in [0.15, 0.2) is 36.2 Å². The molecule has 3 N–H and O–H groups in total. The second-order valence-electron chi connectivity index (χ2n) is 7.70. The number of carbonyl (C=O) groups is 1. The van der Waals surface area contributed by atoms with Gasteiger partial charge in [0.15, 0.2) is 0 Å². The van der Waals surface area contributed by atoms with Crippen LogP contribution in [0.1, 0.15) is 38.2 Å². The van der Waals surface area contributed by atoms with Crippen molar-refractivity contribution in [2.24, 2.45) is 5.73 Å². The minimum absolute atomic E-state index is 0.0623. The summed E-state index contributed by atoms with van der Waals surface area (Å²) >= 11 is 0. The average molecular weight is 453 g/mol. The predicted molar refractivity (Wildman–Crippen MR) is 117 cm³/mol. The molecule has 10 heteroatoms. The first-order chi connectivity index (χ1) is 14.9. The van der Waals surface area contributed by atoms with E-state index in [1.807, 2.05) is 12.1 Å². The number of likely N-dealkylation sites (tertiary alicyclic amines) is 1. The van der Waals surface area contributed by atoms with Crippen LogP contribution in [0.2, 0.25) is 0 Å². The second kappa shape index (κ2) is 10.8. The molecule has 1 atom stereocenters. The summed E-state index contributed by atoms with van der Waals surface area (Å²) in [7, 11) is -3.97. The van der Waals surface area contributed by atoms with Crippen molar-refractivity contribution >= 4 is 16.0 Å². The summed E-state index contributed by atoms with van der Waals surface area (Å²) in [5.41, 5.74) is 9.68. The summed E-state index contributed by atoms with van der Waals surface area (Å²) in [4.78, 5) is 14.4. The number of hydrogen-bond donors (Lipinski definition) is 2. The minimum Gasteiger partial charge on any atom is -0.494 e. The number of rotatable bonds is 10. The van der Waals surface area contributed by atoms with E-state index in [4.69, 9.17) is 15.2 Å². The molecule has 1 aromatic rings. The summed E-state index contributed by atoms with van der Waals surface area (Å²) in [6, 6.07) is 8.08. The molecule has 0 radical (unpaired) electrons. The van der Waals surface area contributed by atoms with Gasteiger partial charge in [0.25, 0.3) is 10.0 Å². The lowest BCUT2D eigenvalue weighted by Crippen LogP contribution is -2.43. The Morgan fingerprint density at radius 2 is 2.03 bits per heavy atom. The van der Waals surface area contributed by atoms with Gasteiger partial charge in [-0.15, -0.1) is 0 Å². The summed E-state index contributed by atoms with van der Waals surface area (Å²) in [5, 5.41) is -1.50. The lowest BCUT2D eigenvalue weighted by atomic mass is 10.1. The SMILES string of the molecule is CCOC(=O)C1C(N)=CN(NCCCOc2cccc(CN3CCCCC3)c2)S1(=O)=O. The Bertz CT molecular complexity index is 884. The van der Waals surface area contributed by atoms with Crippen LogP contribution in [-0.4, -0.2) is 61.8 Å². The fraction of sp³-hybridized carbons (Fsp3) is 0.571. The van der Waals surface area contributed by atoms with Crippen molar-refractivity contribution in [3.63, 3.8) is 0 Å². The molecule has 31 heavy (non-hydrogen) atoms. The number of nitrogens with zero attached hydrogens (tertiary/aromatic N) is 2. The van der Waals surface area contributed by atoms with E-state index in [1.54, 1.807) is 6.92 Å². The Morgan fingerprint density at radius 3 is 2.77 bits per heavy atom. The maximum absolute atomic E-state index is 12.5. The molecule has 0 aromatic heterocycles.